The van der Waals surface area contributed by atoms with Gasteiger partial charge in [-0.3, -0.25) is 4.79 Å². The Morgan fingerprint density at radius 3 is 3.00 bits per heavy atom. The van der Waals surface area contributed by atoms with E-state index in [0.29, 0.717) is 12.1 Å². The Kier molecular flexibility index (Phi) is 5.14. The van der Waals surface area contributed by atoms with E-state index >= 15 is 0 Å². The van der Waals surface area contributed by atoms with Crippen LogP contribution in [-0.2, 0) is 4.79 Å². The summed E-state index contributed by atoms with van der Waals surface area (Å²) >= 11 is 1.67. The van der Waals surface area contributed by atoms with E-state index in [2.05, 4.69) is 15.6 Å². The zero-order chi connectivity index (χ0) is 14.4. The average Bonchev–Trinajstić information content (AvgIpc) is 2.99. The SMILES string of the molecule is CSCC[C@@H](N)C(=O)Nc1ccccc1-n1ccnn1. The topological polar surface area (TPSA) is 85.8 Å². The van der Waals surface area contributed by atoms with Crippen LogP contribution in [0, 0.1) is 0 Å². The quantitative estimate of drug-likeness (QED) is 0.837. The number of anilines is 1. The summed E-state index contributed by atoms with van der Waals surface area (Å²) in [5.74, 6) is 0.672. The fourth-order valence-electron chi connectivity index (χ4n) is 1.72. The van der Waals surface area contributed by atoms with Crippen LogP contribution in [0.5, 0.6) is 0 Å². The van der Waals surface area contributed by atoms with Gasteiger partial charge in [-0.25, -0.2) is 4.68 Å². The minimum Gasteiger partial charge on any atom is -0.323 e. The van der Waals surface area contributed by atoms with Crippen molar-refractivity contribution < 1.29 is 4.79 Å². The first-order chi connectivity index (χ1) is 9.72. The van der Waals surface area contributed by atoms with Crippen LogP contribution >= 0.6 is 11.8 Å². The number of nitrogens with zero attached hydrogens (tertiary/aromatic N) is 3. The highest BCUT2D eigenvalue weighted by Crippen LogP contribution is 2.19. The number of hydrogen-bond donors (Lipinski definition) is 2. The molecule has 0 saturated heterocycles. The van der Waals surface area contributed by atoms with Crippen molar-refractivity contribution in [2.75, 3.05) is 17.3 Å². The predicted octanol–water partition coefficient (Wildman–Crippen LogP) is 1.29. The van der Waals surface area contributed by atoms with E-state index in [1.165, 1.54) is 0 Å². The molecule has 0 radical (unpaired) electrons. The molecule has 0 aliphatic rings. The smallest absolute Gasteiger partial charge is 0.241 e. The number of nitrogens with two attached hydrogens (primary N) is 1. The number of nitrogens with one attached hydrogen (secondary N) is 1. The average molecular weight is 291 g/mol. The number of thioether (sulfide) groups is 1. The molecule has 0 saturated carbocycles. The van der Waals surface area contributed by atoms with Gasteiger partial charge in [-0.2, -0.15) is 11.8 Å². The van der Waals surface area contributed by atoms with E-state index in [9.17, 15) is 4.79 Å². The fraction of sp³-hybridized carbons (Fsp3) is 0.308. The second kappa shape index (κ2) is 7.06. The van der Waals surface area contributed by atoms with Gasteiger partial charge in [0.1, 0.15) is 0 Å². The first-order valence-electron chi connectivity index (χ1n) is 6.23. The summed E-state index contributed by atoms with van der Waals surface area (Å²) in [6.45, 7) is 0. The van der Waals surface area contributed by atoms with Crippen molar-refractivity contribution in [3.63, 3.8) is 0 Å². The first-order valence-corrected chi connectivity index (χ1v) is 7.63. The summed E-state index contributed by atoms with van der Waals surface area (Å²) in [4.78, 5) is 12.0. The van der Waals surface area contributed by atoms with Gasteiger partial charge in [0.05, 0.1) is 29.8 Å². The highest BCUT2D eigenvalue weighted by Gasteiger charge is 2.15. The number of benzene rings is 1. The van der Waals surface area contributed by atoms with Crippen molar-refractivity contribution in [3.8, 4) is 5.69 Å². The van der Waals surface area contributed by atoms with E-state index in [1.54, 1.807) is 28.8 Å². The molecule has 0 fully saturated rings. The standard InChI is InChI=1S/C13H17N5OS/c1-20-9-6-10(14)13(19)16-11-4-2-3-5-12(11)18-8-7-15-17-18/h2-5,7-8,10H,6,9,14H2,1H3,(H,16,19)/t10-/m1/s1. The Labute approximate surface area is 121 Å². The predicted molar refractivity (Wildman–Crippen MR) is 81.0 cm³/mol. The maximum atomic E-state index is 12.0. The van der Waals surface area contributed by atoms with Crippen LogP contribution in [0.3, 0.4) is 0 Å². The van der Waals surface area contributed by atoms with Gasteiger partial charge >= 0.3 is 0 Å². The van der Waals surface area contributed by atoms with Crippen molar-refractivity contribution in [1.29, 1.82) is 0 Å². The molecular formula is C13H17N5OS. The molecule has 1 aromatic heterocycles. The zero-order valence-electron chi connectivity index (χ0n) is 11.2. The molecule has 6 nitrogen and oxygen atoms in total. The van der Waals surface area contributed by atoms with Gasteiger partial charge in [0.25, 0.3) is 0 Å². The van der Waals surface area contributed by atoms with Crippen LogP contribution in [0.25, 0.3) is 5.69 Å². The Morgan fingerprint density at radius 2 is 2.30 bits per heavy atom. The lowest BCUT2D eigenvalue weighted by molar-refractivity contribution is -0.117. The van der Waals surface area contributed by atoms with E-state index in [4.69, 9.17) is 5.73 Å². The summed E-state index contributed by atoms with van der Waals surface area (Å²) in [7, 11) is 0. The van der Waals surface area contributed by atoms with Crippen molar-refractivity contribution in [2.45, 2.75) is 12.5 Å². The van der Waals surface area contributed by atoms with Gasteiger partial charge in [-0.15, -0.1) is 5.10 Å². The minimum absolute atomic E-state index is 0.188. The highest BCUT2D eigenvalue weighted by atomic mass is 32.2. The Morgan fingerprint density at radius 1 is 1.50 bits per heavy atom. The summed E-state index contributed by atoms with van der Waals surface area (Å²) in [6.07, 6.45) is 5.95. The van der Waals surface area contributed by atoms with Gasteiger partial charge in [0.2, 0.25) is 5.91 Å². The van der Waals surface area contributed by atoms with Crippen molar-refractivity contribution in [1.82, 2.24) is 15.0 Å². The van der Waals surface area contributed by atoms with E-state index in [-0.39, 0.29) is 5.91 Å². The van der Waals surface area contributed by atoms with Crippen molar-refractivity contribution >= 4 is 23.4 Å². The first kappa shape index (κ1) is 14.5. The fourth-order valence-corrected chi connectivity index (χ4v) is 2.21. The largest absolute Gasteiger partial charge is 0.323 e. The van der Waals surface area contributed by atoms with Crippen LogP contribution in [0.15, 0.2) is 36.7 Å². The van der Waals surface area contributed by atoms with Crippen LogP contribution < -0.4 is 11.1 Å². The molecule has 0 aliphatic carbocycles. The number of rotatable bonds is 6. The third kappa shape index (κ3) is 3.58. The lowest BCUT2D eigenvalue weighted by atomic mass is 10.2. The third-order valence-corrected chi connectivity index (χ3v) is 3.44. The monoisotopic (exact) mass is 291 g/mol. The van der Waals surface area contributed by atoms with Gasteiger partial charge < -0.3 is 11.1 Å². The Bertz CT molecular complexity index is 558. The molecule has 2 rings (SSSR count). The number of amides is 1. The zero-order valence-corrected chi connectivity index (χ0v) is 12.0. The number of para-hydroxylation sites is 2. The van der Waals surface area contributed by atoms with Crippen LogP contribution in [0.1, 0.15) is 6.42 Å². The second-order valence-electron chi connectivity index (χ2n) is 4.24. The summed E-state index contributed by atoms with van der Waals surface area (Å²) in [6, 6.07) is 6.89. The molecule has 20 heavy (non-hydrogen) atoms. The summed E-state index contributed by atoms with van der Waals surface area (Å²) in [5.41, 5.74) is 7.29. The number of hydrogen-bond acceptors (Lipinski definition) is 5. The molecule has 0 unspecified atom stereocenters. The molecule has 0 aliphatic heterocycles. The minimum atomic E-state index is -0.508. The van der Waals surface area contributed by atoms with Gasteiger partial charge in [-0.05, 0) is 30.6 Å². The van der Waals surface area contributed by atoms with Gasteiger partial charge in [-0.1, -0.05) is 17.3 Å². The lowest BCUT2D eigenvalue weighted by Crippen LogP contribution is -2.36. The number of aromatic nitrogens is 3. The summed E-state index contributed by atoms with van der Waals surface area (Å²) in [5, 5.41) is 10.5. The second-order valence-corrected chi connectivity index (χ2v) is 5.23. The van der Waals surface area contributed by atoms with Crippen LogP contribution in [-0.4, -0.2) is 39.0 Å². The molecule has 7 heteroatoms. The summed E-state index contributed by atoms with van der Waals surface area (Å²) < 4.78 is 1.60. The molecule has 0 spiro atoms. The lowest BCUT2D eigenvalue weighted by Gasteiger charge is -2.14. The third-order valence-electron chi connectivity index (χ3n) is 2.80. The number of carbonyl (C=O) groups is 1. The maximum absolute atomic E-state index is 12.0. The molecule has 1 atom stereocenters. The maximum Gasteiger partial charge on any atom is 0.241 e. The molecule has 3 N–H and O–H groups in total. The molecule has 1 amide bonds. The van der Waals surface area contributed by atoms with E-state index < -0.39 is 6.04 Å². The van der Waals surface area contributed by atoms with Crippen LogP contribution in [0.4, 0.5) is 5.69 Å². The Balaban J connectivity index is 2.12. The van der Waals surface area contributed by atoms with Crippen molar-refractivity contribution in [2.24, 2.45) is 5.73 Å². The normalized spacial score (nSPS) is 12.1. The molecule has 0 bridgehead atoms. The molecule has 2 aromatic rings. The van der Waals surface area contributed by atoms with E-state index in [0.717, 1.165) is 11.4 Å². The van der Waals surface area contributed by atoms with Crippen LogP contribution in [0.2, 0.25) is 0 Å². The van der Waals surface area contributed by atoms with Gasteiger partial charge in [0.15, 0.2) is 0 Å². The highest BCUT2D eigenvalue weighted by molar-refractivity contribution is 7.98. The number of carbonyl (C=O) groups excluding carboxylic acids is 1. The van der Waals surface area contributed by atoms with E-state index in [1.807, 2.05) is 30.5 Å². The Hall–Kier alpha value is -1.86. The molecule has 1 heterocycles. The van der Waals surface area contributed by atoms with Crippen molar-refractivity contribution in [3.05, 3.63) is 36.7 Å². The molecular weight excluding hydrogens is 274 g/mol. The molecule has 1 aromatic carbocycles. The van der Waals surface area contributed by atoms with Gasteiger partial charge in [0, 0.05) is 0 Å². The molecule has 106 valence electrons.